The van der Waals surface area contributed by atoms with Gasteiger partial charge in [0.25, 0.3) is 5.56 Å². The summed E-state index contributed by atoms with van der Waals surface area (Å²) < 4.78 is 28.4. The van der Waals surface area contributed by atoms with Crippen molar-refractivity contribution in [3.05, 3.63) is 33.1 Å². The Hall–Kier alpha value is -2.53. The molecule has 0 unspecified atom stereocenters. The number of carboxylic acid groups (broad SMARTS) is 1. The van der Waals surface area contributed by atoms with Gasteiger partial charge in [0.1, 0.15) is 10.5 Å². The Kier molecular flexibility index (Phi) is 3.79. The van der Waals surface area contributed by atoms with E-state index in [9.17, 15) is 27.9 Å². The zero-order chi connectivity index (χ0) is 19.6. The molecule has 0 aromatic carbocycles. The van der Waals surface area contributed by atoms with Crippen LogP contribution in [-0.2, 0) is 21.9 Å². The van der Waals surface area contributed by atoms with Gasteiger partial charge in [-0.05, 0) is 24.8 Å². The van der Waals surface area contributed by atoms with Crippen LogP contribution in [0.15, 0.2) is 26.7 Å². The third-order valence-corrected chi connectivity index (χ3v) is 7.61. The fraction of sp³-hybridized carbons (Fsp3) is 0.500. The molecule has 4 rings (SSSR count). The number of carboxylic acids is 1. The normalized spacial score (nSPS) is 25.7. The number of aliphatic carboxylic acids is 1. The molecule has 2 atom stereocenters. The number of rotatable bonds is 3. The summed E-state index contributed by atoms with van der Waals surface area (Å²) in [6.07, 6.45) is 3.00. The van der Waals surface area contributed by atoms with E-state index in [1.807, 2.05) is 0 Å². The van der Waals surface area contributed by atoms with Gasteiger partial charge in [-0.2, -0.15) is 4.31 Å². The van der Waals surface area contributed by atoms with Crippen molar-refractivity contribution in [2.24, 2.45) is 18.4 Å². The van der Waals surface area contributed by atoms with Crippen molar-refractivity contribution < 1.29 is 18.3 Å². The van der Waals surface area contributed by atoms with E-state index >= 15 is 0 Å². The lowest BCUT2D eigenvalue weighted by molar-refractivity contribution is -0.149. The van der Waals surface area contributed by atoms with Gasteiger partial charge in [0, 0.05) is 26.3 Å². The number of nitrogens with zero attached hydrogens (tertiary/aromatic N) is 3. The molecule has 144 valence electrons. The van der Waals surface area contributed by atoms with Crippen LogP contribution in [0.4, 0.5) is 0 Å². The van der Waals surface area contributed by atoms with Crippen LogP contribution < -0.4 is 11.2 Å². The summed E-state index contributed by atoms with van der Waals surface area (Å²) >= 11 is 0. The largest absolute Gasteiger partial charge is 0.481 e. The van der Waals surface area contributed by atoms with Crippen molar-refractivity contribution in [2.75, 3.05) is 13.1 Å². The molecule has 2 aliphatic rings. The third-order valence-electron chi connectivity index (χ3n) is 5.83. The maximum Gasteiger partial charge on any atom is 0.329 e. The number of aryl methyl sites for hydroxylation is 1. The highest BCUT2D eigenvalue weighted by molar-refractivity contribution is 7.89. The highest BCUT2D eigenvalue weighted by atomic mass is 32.2. The minimum absolute atomic E-state index is 0.0227. The van der Waals surface area contributed by atoms with Gasteiger partial charge in [-0.15, -0.1) is 0 Å². The predicted molar refractivity (Wildman–Crippen MR) is 93.8 cm³/mol. The standard InChI is InChI=1S/C16H18N4O6S/c1-19-12-11(13(21)18-15(19)24)5-10(6-17-12)27(25,26)20-7-9-3-2-4-16(9,8-20)14(22)23/h5-6,9H,2-4,7-8H2,1H3,(H,22,23)(H,18,21,24)/t9-,16+/m0/s1. The van der Waals surface area contributed by atoms with Gasteiger partial charge in [0.2, 0.25) is 10.0 Å². The van der Waals surface area contributed by atoms with Crippen LogP contribution in [0.3, 0.4) is 0 Å². The predicted octanol–water partition coefficient (Wildman–Crippen LogP) is -0.503. The van der Waals surface area contributed by atoms with Crippen LogP contribution in [-0.4, -0.2) is 51.4 Å². The second-order valence-electron chi connectivity index (χ2n) is 7.21. The summed E-state index contributed by atoms with van der Waals surface area (Å²) in [4.78, 5) is 41.4. The number of pyridine rings is 1. The number of aromatic amines is 1. The second kappa shape index (κ2) is 5.73. The monoisotopic (exact) mass is 394 g/mol. The molecule has 2 aromatic rings. The van der Waals surface area contributed by atoms with Gasteiger partial charge in [-0.1, -0.05) is 6.42 Å². The molecule has 0 amide bonds. The van der Waals surface area contributed by atoms with E-state index in [1.165, 1.54) is 17.4 Å². The molecule has 1 aliphatic carbocycles. The Morgan fingerprint density at radius 2 is 2.15 bits per heavy atom. The molecule has 2 N–H and O–H groups in total. The lowest BCUT2D eigenvalue weighted by Crippen LogP contribution is -2.37. The molecule has 1 saturated heterocycles. The van der Waals surface area contributed by atoms with Gasteiger partial charge < -0.3 is 5.11 Å². The van der Waals surface area contributed by atoms with E-state index in [0.29, 0.717) is 12.8 Å². The topological polar surface area (TPSA) is 142 Å². The first-order valence-corrected chi connectivity index (χ1v) is 9.93. The second-order valence-corrected chi connectivity index (χ2v) is 9.15. The molecular formula is C16H18N4O6S. The third kappa shape index (κ3) is 2.45. The molecule has 1 aliphatic heterocycles. The summed E-state index contributed by atoms with van der Waals surface area (Å²) in [5.41, 5.74) is -2.34. The molecule has 0 radical (unpaired) electrons. The smallest absolute Gasteiger partial charge is 0.329 e. The SMILES string of the molecule is Cn1c(=O)[nH]c(=O)c2cc(S(=O)(=O)N3C[C@@H]4CCC[C@@]4(C(=O)O)C3)cnc21. The Balaban J connectivity index is 1.78. The van der Waals surface area contributed by atoms with Crippen molar-refractivity contribution in [3.8, 4) is 0 Å². The number of hydrogen-bond acceptors (Lipinski definition) is 6. The average Bonchev–Trinajstić information content (AvgIpc) is 3.18. The van der Waals surface area contributed by atoms with E-state index in [2.05, 4.69) is 9.97 Å². The lowest BCUT2D eigenvalue weighted by atomic mass is 9.81. The molecule has 2 aromatic heterocycles. The summed E-state index contributed by atoms with van der Waals surface area (Å²) in [7, 11) is -2.60. The van der Waals surface area contributed by atoms with Crippen LogP contribution in [0.1, 0.15) is 19.3 Å². The molecule has 27 heavy (non-hydrogen) atoms. The summed E-state index contributed by atoms with van der Waals surface area (Å²) in [6.45, 7) is 0.0489. The van der Waals surface area contributed by atoms with Gasteiger partial charge in [-0.25, -0.2) is 18.2 Å². The first-order chi connectivity index (χ1) is 12.7. The van der Waals surface area contributed by atoms with Crippen molar-refractivity contribution in [2.45, 2.75) is 24.2 Å². The van der Waals surface area contributed by atoms with Crippen molar-refractivity contribution in [3.63, 3.8) is 0 Å². The molecule has 10 nitrogen and oxygen atoms in total. The zero-order valence-electron chi connectivity index (χ0n) is 14.5. The van der Waals surface area contributed by atoms with Gasteiger partial charge in [0.05, 0.1) is 10.8 Å². The summed E-state index contributed by atoms with van der Waals surface area (Å²) in [5, 5.41) is 9.63. The van der Waals surface area contributed by atoms with E-state index < -0.39 is 32.7 Å². The quantitative estimate of drug-likeness (QED) is 0.714. The van der Waals surface area contributed by atoms with Gasteiger partial charge in [-0.3, -0.25) is 19.1 Å². The Morgan fingerprint density at radius 1 is 1.41 bits per heavy atom. The molecule has 0 bridgehead atoms. The number of aromatic nitrogens is 3. The van der Waals surface area contributed by atoms with Crippen molar-refractivity contribution in [1.29, 1.82) is 0 Å². The van der Waals surface area contributed by atoms with Crippen molar-refractivity contribution >= 4 is 27.0 Å². The Morgan fingerprint density at radius 3 is 2.81 bits per heavy atom. The number of hydrogen-bond donors (Lipinski definition) is 2. The average molecular weight is 394 g/mol. The Labute approximate surface area is 153 Å². The van der Waals surface area contributed by atoms with Crippen LogP contribution in [0.25, 0.3) is 11.0 Å². The van der Waals surface area contributed by atoms with Crippen LogP contribution in [0, 0.1) is 11.3 Å². The van der Waals surface area contributed by atoms with Gasteiger partial charge in [0.15, 0.2) is 0 Å². The lowest BCUT2D eigenvalue weighted by Gasteiger charge is -2.23. The molecule has 0 spiro atoms. The number of sulfonamides is 1. The fourth-order valence-corrected chi connectivity index (χ4v) is 5.81. The first kappa shape index (κ1) is 17.9. The molecule has 3 heterocycles. The zero-order valence-corrected chi connectivity index (χ0v) is 15.3. The van der Waals surface area contributed by atoms with E-state index in [1.54, 1.807) is 0 Å². The molecule has 11 heteroatoms. The van der Waals surface area contributed by atoms with Crippen LogP contribution >= 0.6 is 0 Å². The van der Waals surface area contributed by atoms with Gasteiger partial charge >= 0.3 is 11.7 Å². The van der Waals surface area contributed by atoms with Crippen LogP contribution in [0.2, 0.25) is 0 Å². The molecule has 2 fully saturated rings. The van der Waals surface area contributed by atoms with E-state index in [4.69, 9.17) is 0 Å². The maximum atomic E-state index is 13.0. The fourth-order valence-electron chi connectivity index (χ4n) is 4.28. The van der Waals surface area contributed by atoms with E-state index in [0.717, 1.165) is 17.2 Å². The minimum atomic E-state index is -4.02. The minimum Gasteiger partial charge on any atom is -0.481 e. The number of fused-ring (bicyclic) bond motifs is 2. The first-order valence-electron chi connectivity index (χ1n) is 8.49. The number of nitrogens with one attached hydrogen (secondary N) is 1. The number of H-pyrrole nitrogens is 1. The highest BCUT2D eigenvalue weighted by Gasteiger charge is 2.57. The Bertz CT molecular complexity index is 1180. The molecule has 1 saturated carbocycles. The number of carbonyl (C=O) groups is 1. The van der Waals surface area contributed by atoms with E-state index in [-0.39, 0.29) is 34.9 Å². The summed E-state index contributed by atoms with van der Waals surface area (Å²) in [6, 6.07) is 1.18. The highest BCUT2D eigenvalue weighted by Crippen LogP contribution is 2.50. The maximum absolute atomic E-state index is 13.0. The summed E-state index contributed by atoms with van der Waals surface area (Å²) in [5.74, 6) is -1.19. The molecular weight excluding hydrogens is 376 g/mol. The van der Waals surface area contributed by atoms with Crippen LogP contribution in [0.5, 0.6) is 0 Å². The van der Waals surface area contributed by atoms with Crippen molar-refractivity contribution in [1.82, 2.24) is 18.8 Å².